The molecular formula is C26H20BrNO6S. The average molecular weight is 554 g/mol. The number of thiophene rings is 1. The molecular weight excluding hydrogens is 534 g/mol. The van der Waals surface area contributed by atoms with Gasteiger partial charge in [-0.2, -0.15) is 0 Å². The highest BCUT2D eigenvalue weighted by Crippen LogP contribution is 2.43. The van der Waals surface area contributed by atoms with E-state index in [0.29, 0.717) is 23.1 Å². The fraction of sp³-hybridized carbons (Fsp3) is 0.154. The third kappa shape index (κ3) is 4.21. The van der Waals surface area contributed by atoms with Gasteiger partial charge in [-0.15, -0.1) is 11.3 Å². The number of carbonyl (C=O) groups is 2. The predicted molar refractivity (Wildman–Crippen MR) is 135 cm³/mol. The number of phenols is 1. The number of ether oxygens (including phenoxy) is 1. The predicted octanol–water partition coefficient (Wildman–Crippen LogP) is 6.14. The summed E-state index contributed by atoms with van der Waals surface area (Å²) in [5, 5.41) is 23.7. The number of ketones is 1. The molecule has 2 aromatic carbocycles. The molecule has 0 aliphatic carbocycles. The number of fused-ring (bicyclic) bond motifs is 1. The molecule has 0 saturated heterocycles. The number of benzene rings is 2. The van der Waals surface area contributed by atoms with E-state index in [1.807, 2.05) is 23.6 Å². The number of aromatic hydroxyl groups is 1. The number of hydrogen-bond acceptors (Lipinski definition) is 7. The molecule has 35 heavy (non-hydrogen) atoms. The van der Waals surface area contributed by atoms with Gasteiger partial charge in [-0.3, -0.25) is 9.59 Å². The van der Waals surface area contributed by atoms with Crippen molar-refractivity contribution in [2.24, 2.45) is 0 Å². The molecule has 1 unspecified atom stereocenters. The number of furan rings is 1. The van der Waals surface area contributed by atoms with Gasteiger partial charge in [-0.25, -0.2) is 0 Å². The minimum atomic E-state index is -0.906. The Bertz CT molecular complexity index is 1470. The summed E-state index contributed by atoms with van der Waals surface area (Å²) in [5.41, 5.74) is 0.941. The van der Waals surface area contributed by atoms with Gasteiger partial charge < -0.3 is 24.3 Å². The molecule has 9 heteroatoms. The number of amides is 1. The highest BCUT2D eigenvalue weighted by atomic mass is 79.9. The zero-order valence-corrected chi connectivity index (χ0v) is 20.9. The van der Waals surface area contributed by atoms with Crippen LogP contribution in [0.15, 0.2) is 80.2 Å². The van der Waals surface area contributed by atoms with E-state index in [2.05, 4.69) is 15.9 Å². The lowest BCUT2D eigenvalue weighted by molar-refractivity contribution is -0.130. The Kier molecular flexibility index (Phi) is 6.12. The summed E-state index contributed by atoms with van der Waals surface area (Å²) in [7, 11) is 0. The monoisotopic (exact) mass is 553 g/mol. The smallest absolute Gasteiger partial charge is 0.290 e. The summed E-state index contributed by atoms with van der Waals surface area (Å²) in [6.07, 6.45) is 0. The van der Waals surface area contributed by atoms with E-state index in [1.54, 1.807) is 37.3 Å². The molecule has 0 spiro atoms. The molecule has 1 aliphatic rings. The van der Waals surface area contributed by atoms with Crippen LogP contribution < -0.4 is 4.74 Å². The zero-order valence-electron chi connectivity index (χ0n) is 18.5. The fourth-order valence-corrected chi connectivity index (χ4v) is 5.28. The van der Waals surface area contributed by atoms with Crippen LogP contribution in [0.2, 0.25) is 0 Å². The molecule has 0 fully saturated rings. The Hall–Kier alpha value is -3.56. The Morgan fingerprint density at radius 2 is 2.00 bits per heavy atom. The van der Waals surface area contributed by atoms with Crippen molar-refractivity contribution < 1.29 is 29.0 Å². The standard InChI is InChI=1S/C26H20BrNO6S/c1-2-33-20-11-14(5-7-18(20)29)23-22(25(31)26(32)28(23)13-17-4-3-9-35-17)24(30)21-12-15-10-16(27)6-8-19(15)34-21/h3-12,23,29,31H,2,13H2,1H3. The largest absolute Gasteiger partial charge is 0.504 e. The summed E-state index contributed by atoms with van der Waals surface area (Å²) in [6.45, 7) is 2.30. The second-order valence-electron chi connectivity index (χ2n) is 7.96. The Morgan fingerprint density at radius 1 is 1.17 bits per heavy atom. The van der Waals surface area contributed by atoms with Crippen LogP contribution in [0.1, 0.15) is 34.0 Å². The number of nitrogens with zero attached hydrogens (tertiary/aromatic N) is 1. The first-order chi connectivity index (χ1) is 16.9. The Morgan fingerprint density at radius 3 is 2.74 bits per heavy atom. The van der Waals surface area contributed by atoms with Crippen molar-refractivity contribution in [2.45, 2.75) is 19.5 Å². The molecule has 1 atom stereocenters. The number of carbonyl (C=O) groups excluding carboxylic acids is 2. The van der Waals surface area contributed by atoms with Crippen molar-refractivity contribution in [3.63, 3.8) is 0 Å². The Labute approximate surface area is 213 Å². The molecule has 178 valence electrons. The maximum Gasteiger partial charge on any atom is 0.290 e. The minimum Gasteiger partial charge on any atom is -0.504 e. The SMILES string of the molecule is CCOc1cc(C2C(C(=O)c3cc4cc(Br)ccc4o3)=C(O)C(=O)N2Cc2cccs2)ccc1O. The first-order valence-electron chi connectivity index (χ1n) is 10.8. The summed E-state index contributed by atoms with van der Waals surface area (Å²) in [6, 6.07) is 14.4. The molecule has 1 aliphatic heterocycles. The first-order valence-corrected chi connectivity index (χ1v) is 12.5. The van der Waals surface area contributed by atoms with E-state index in [4.69, 9.17) is 9.15 Å². The number of halogens is 1. The third-order valence-corrected chi connectivity index (χ3v) is 7.11. The van der Waals surface area contributed by atoms with Crippen molar-refractivity contribution in [1.29, 1.82) is 0 Å². The quantitative estimate of drug-likeness (QED) is 0.266. The molecule has 0 radical (unpaired) electrons. The molecule has 3 heterocycles. The van der Waals surface area contributed by atoms with E-state index < -0.39 is 23.5 Å². The van der Waals surface area contributed by atoms with Gasteiger partial charge >= 0.3 is 0 Å². The molecule has 4 aromatic rings. The summed E-state index contributed by atoms with van der Waals surface area (Å²) in [5.74, 6) is -1.69. The summed E-state index contributed by atoms with van der Waals surface area (Å²) < 4.78 is 12.1. The third-order valence-electron chi connectivity index (χ3n) is 5.76. The number of rotatable bonds is 7. The van der Waals surface area contributed by atoms with E-state index in [-0.39, 0.29) is 29.4 Å². The van der Waals surface area contributed by atoms with Gasteiger partial charge in [0.1, 0.15) is 5.58 Å². The van der Waals surface area contributed by atoms with E-state index in [9.17, 15) is 19.8 Å². The molecule has 0 bridgehead atoms. The van der Waals surface area contributed by atoms with Crippen molar-refractivity contribution >= 4 is 49.9 Å². The maximum atomic E-state index is 13.7. The number of aliphatic hydroxyl groups is 1. The number of Topliss-reactive ketones (excluding diaryl/α,β-unsaturated/α-hetero) is 1. The van der Waals surface area contributed by atoms with E-state index >= 15 is 0 Å². The second-order valence-corrected chi connectivity index (χ2v) is 9.91. The van der Waals surface area contributed by atoms with Gasteiger partial charge in [0, 0.05) is 14.7 Å². The van der Waals surface area contributed by atoms with Crippen molar-refractivity contribution in [1.82, 2.24) is 4.90 Å². The van der Waals surface area contributed by atoms with Crippen LogP contribution >= 0.6 is 27.3 Å². The molecule has 2 N–H and O–H groups in total. The highest BCUT2D eigenvalue weighted by molar-refractivity contribution is 9.10. The van der Waals surface area contributed by atoms with Crippen LogP contribution in [0, 0.1) is 0 Å². The Balaban J connectivity index is 1.62. The van der Waals surface area contributed by atoms with Crippen molar-refractivity contribution in [3.8, 4) is 11.5 Å². The van der Waals surface area contributed by atoms with Crippen molar-refractivity contribution in [2.75, 3.05) is 6.61 Å². The van der Waals surface area contributed by atoms with E-state index in [0.717, 1.165) is 9.35 Å². The van der Waals surface area contributed by atoms with Crippen LogP contribution in [-0.4, -0.2) is 33.4 Å². The van der Waals surface area contributed by atoms with E-state index in [1.165, 1.54) is 22.3 Å². The van der Waals surface area contributed by atoms with Gasteiger partial charge in [-0.05, 0) is 60.3 Å². The topological polar surface area (TPSA) is 100 Å². The highest BCUT2D eigenvalue weighted by Gasteiger charge is 2.45. The van der Waals surface area contributed by atoms with Crippen LogP contribution in [0.4, 0.5) is 0 Å². The van der Waals surface area contributed by atoms with Crippen molar-refractivity contribution in [3.05, 3.63) is 92.0 Å². The van der Waals surface area contributed by atoms with Gasteiger partial charge in [0.2, 0.25) is 5.78 Å². The maximum absolute atomic E-state index is 13.7. The molecule has 5 rings (SSSR count). The lowest BCUT2D eigenvalue weighted by atomic mass is 9.94. The fourth-order valence-electron chi connectivity index (χ4n) is 4.20. The molecule has 7 nitrogen and oxygen atoms in total. The number of aliphatic hydroxyl groups excluding tert-OH is 1. The molecule has 1 amide bonds. The van der Waals surface area contributed by atoms with Gasteiger partial charge in [-0.1, -0.05) is 28.1 Å². The molecule has 0 saturated carbocycles. The first kappa shape index (κ1) is 23.2. The van der Waals surface area contributed by atoms with Crippen LogP contribution in [-0.2, 0) is 11.3 Å². The average Bonchev–Trinajstić information content (AvgIpc) is 3.56. The minimum absolute atomic E-state index is 0.0132. The van der Waals surface area contributed by atoms with Crippen LogP contribution in [0.3, 0.4) is 0 Å². The summed E-state index contributed by atoms with van der Waals surface area (Å²) in [4.78, 5) is 29.2. The van der Waals surface area contributed by atoms with Gasteiger partial charge in [0.15, 0.2) is 23.0 Å². The van der Waals surface area contributed by atoms with Crippen LogP contribution in [0.25, 0.3) is 11.0 Å². The van der Waals surface area contributed by atoms with Gasteiger partial charge in [0.05, 0.1) is 24.8 Å². The second kappa shape index (κ2) is 9.24. The lowest BCUT2D eigenvalue weighted by Crippen LogP contribution is -2.30. The number of phenolic OH excluding ortho intramolecular Hbond substituents is 1. The zero-order chi connectivity index (χ0) is 24.7. The normalized spacial score (nSPS) is 15.9. The van der Waals surface area contributed by atoms with Crippen LogP contribution in [0.5, 0.6) is 11.5 Å². The van der Waals surface area contributed by atoms with Gasteiger partial charge in [0.25, 0.3) is 5.91 Å². The summed E-state index contributed by atoms with van der Waals surface area (Å²) >= 11 is 4.87. The molecule has 2 aromatic heterocycles. The lowest BCUT2D eigenvalue weighted by Gasteiger charge is -2.26. The number of hydrogen-bond donors (Lipinski definition) is 2.